The summed E-state index contributed by atoms with van der Waals surface area (Å²) in [5.74, 6) is -0.697. The first-order chi connectivity index (χ1) is 19.0. The largest absolute Gasteiger partial charge is 0.458 e. The van der Waals surface area contributed by atoms with E-state index in [0.717, 1.165) is 18.4 Å². The number of rotatable bonds is 4. The highest BCUT2D eigenvalue weighted by molar-refractivity contribution is 5.85. The molecule has 11 nitrogen and oxygen atoms in total. The molecule has 5 fully saturated rings. The third-order valence-corrected chi connectivity index (χ3v) is 12.0. The van der Waals surface area contributed by atoms with Crippen LogP contribution in [0.1, 0.15) is 65.2 Å². The van der Waals surface area contributed by atoms with Crippen molar-refractivity contribution in [2.45, 2.75) is 114 Å². The Hall–Kier alpha value is -1.60. The highest BCUT2D eigenvalue weighted by atomic mass is 16.7. The first-order valence-electron chi connectivity index (χ1n) is 14.8. The average Bonchev–Trinajstić information content (AvgIpc) is 3.47. The quantitative estimate of drug-likeness (QED) is 0.0942. The Morgan fingerprint density at radius 2 is 1.80 bits per heavy atom. The zero-order valence-electron chi connectivity index (χ0n) is 23.1. The minimum Gasteiger partial charge on any atom is -0.458 e. The van der Waals surface area contributed by atoms with E-state index in [2.05, 4.69) is 5.16 Å². The van der Waals surface area contributed by atoms with Gasteiger partial charge in [-0.2, -0.15) is 0 Å². The number of aliphatic hydroxyl groups is 5. The number of fused-ring (bicyclic) bond motifs is 5. The van der Waals surface area contributed by atoms with Crippen LogP contribution in [0, 0.1) is 34.5 Å². The van der Waals surface area contributed by atoms with Gasteiger partial charge in [-0.05, 0) is 87.5 Å². The lowest BCUT2D eigenvalue weighted by Crippen LogP contribution is -2.67. The average molecular weight is 566 g/mol. The maximum atomic E-state index is 12.4. The van der Waals surface area contributed by atoms with E-state index in [0.29, 0.717) is 38.5 Å². The molecule has 224 valence electrons. The van der Waals surface area contributed by atoms with Crippen molar-refractivity contribution in [2.24, 2.45) is 39.7 Å². The van der Waals surface area contributed by atoms with Crippen LogP contribution in [0.5, 0.6) is 0 Å². The van der Waals surface area contributed by atoms with Crippen LogP contribution in [0.3, 0.4) is 0 Å². The fraction of sp³-hybridized carbons (Fsp3) is 0.862. The summed E-state index contributed by atoms with van der Waals surface area (Å²) in [4.78, 5) is 11.8. The molecule has 6 rings (SSSR count). The van der Waals surface area contributed by atoms with Crippen LogP contribution in [0.2, 0.25) is 0 Å². The summed E-state index contributed by atoms with van der Waals surface area (Å²) in [5.41, 5.74) is -1.67. The Balaban J connectivity index is 1.24. The fourth-order valence-corrected chi connectivity index (χ4v) is 9.86. The lowest BCUT2D eigenvalue weighted by molar-refractivity contribution is -0.309. The van der Waals surface area contributed by atoms with Crippen LogP contribution >= 0.6 is 0 Å². The second kappa shape index (κ2) is 10.00. The molecule has 0 radical (unpaired) electrons. The SMILES string of the molecule is C[C@@H]1O[C@H](O[C@H]2CCC3(/C=N/O)[C@H](CC[C@@H]4[C@@H]3C[C@@H](O)[C@]3(C)[C@@H](C5=CC(=O)OC5)CC[C@]43O)C2)[C@H](O)[C@H](O)[C@H]1O. The lowest BCUT2D eigenvalue weighted by atomic mass is 9.42. The van der Waals surface area contributed by atoms with Crippen molar-refractivity contribution in [3.63, 3.8) is 0 Å². The Kier molecular flexibility index (Phi) is 7.13. The van der Waals surface area contributed by atoms with Crippen LogP contribution in [0.25, 0.3) is 0 Å². The molecule has 4 aliphatic carbocycles. The van der Waals surface area contributed by atoms with Crippen LogP contribution in [-0.2, 0) is 19.0 Å². The molecular formula is C29H43NO10. The maximum absolute atomic E-state index is 12.4. The van der Waals surface area contributed by atoms with E-state index in [1.807, 2.05) is 6.92 Å². The van der Waals surface area contributed by atoms with Gasteiger partial charge < -0.3 is 45.0 Å². The van der Waals surface area contributed by atoms with Gasteiger partial charge in [-0.3, -0.25) is 0 Å². The van der Waals surface area contributed by atoms with Crippen molar-refractivity contribution in [3.05, 3.63) is 11.6 Å². The second-order valence-corrected chi connectivity index (χ2v) is 13.4. The molecule has 2 aliphatic heterocycles. The van der Waals surface area contributed by atoms with Gasteiger partial charge in [0.05, 0.1) is 30.1 Å². The lowest BCUT2D eigenvalue weighted by Gasteiger charge is -2.64. The first kappa shape index (κ1) is 28.5. The van der Waals surface area contributed by atoms with Gasteiger partial charge in [0.2, 0.25) is 0 Å². The van der Waals surface area contributed by atoms with E-state index < -0.39 is 53.2 Å². The van der Waals surface area contributed by atoms with E-state index in [-0.39, 0.29) is 42.4 Å². The van der Waals surface area contributed by atoms with Crippen molar-refractivity contribution in [2.75, 3.05) is 6.61 Å². The predicted molar refractivity (Wildman–Crippen MR) is 139 cm³/mol. The van der Waals surface area contributed by atoms with Gasteiger partial charge in [0, 0.05) is 16.9 Å². The molecule has 4 saturated carbocycles. The van der Waals surface area contributed by atoms with E-state index in [1.165, 1.54) is 6.08 Å². The molecule has 2 heterocycles. The molecule has 0 spiro atoms. The van der Waals surface area contributed by atoms with Crippen LogP contribution in [0.4, 0.5) is 0 Å². The van der Waals surface area contributed by atoms with Crippen molar-refractivity contribution in [1.82, 2.24) is 0 Å². The summed E-state index contributed by atoms with van der Waals surface area (Å²) in [7, 11) is 0. The standard InChI is InChI=1S/C29H43NO10/c1-14-23(33)24(34)25(35)26(39-14)40-17-5-7-28(13-30-37)16(10-17)3-4-19-20(28)11-21(31)27(2)18(6-8-29(19,27)36)15-9-22(32)38-12-15/h9,13-14,16-21,23-26,31,33-37H,3-8,10-12H2,1-2H3/b30-13+/t14-,16+,17-,18+,19+,20-,21+,23-,24+,25+,26+,27-,28?,29-/m0/s1. The highest BCUT2D eigenvalue weighted by Crippen LogP contribution is 2.69. The number of oxime groups is 1. The van der Waals surface area contributed by atoms with Gasteiger partial charge in [0.1, 0.15) is 24.9 Å². The number of carbonyl (C=O) groups excluding carboxylic acids is 1. The van der Waals surface area contributed by atoms with Crippen LogP contribution in [-0.4, -0.2) is 98.0 Å². The second-order valence-electron chi connectivity index (χ2n) is 13.4. The van der Waals surface area contributed by atoms with E-state index >= 15 is 0 Å². The van der Waals surface area contributed by atoms with Gasteiger partial charge in [-0.15, -0.1) is 5.16 Å². The van der Waals surface area contributed by atoms with Crippen molar-refractivity contribution < 1.29 is 49.7 Å². The summed E-state index contributed by atoms with van der Waals surface area (Å²) in [6.07, 6.45) is 1.27. The number of esters is 1. The third kappa shape index (κ3) is 3.95. The number of carbonyl (C=O) groups is 1. The van der Waals surface area contributed by atoms with E-state index in [9.17, 15) is 35.5 Å². The zero-order valence-corrected chi connectivity index (χ0v) is 23.1. The third-order valence-electron chi connectivity index (χ3n) is 12.0. The number of hydrogen-bond donors (Lipinski definition) is 6. The molecule has 1 unspecified atom stereocenters. The molecule has 11 heteroatoms. The Morgan fingerprint density at radius 1 is 1.02 bits per heavy atom. The number of ether oxygens (including phenoxy) is 3. The van der Waals surface area contributed by atoms with Crippen LogP contribution in [0.15, 0.2) is 16.8 Å². The summed E-state index contributed by atoms with van der Waals surface area (Å²) in [5, 5.41) is 68.2. The monoisotopic (exact) mass is 565 g/mol. The molecule has 40 heavy (non-hydrogen) atoms. The molecule has 0 bridgehead atoms. The minimum atomic E-state index is -1.38. The highest BCUT2D eigenvalue weighted by Gasteiger charge is 2.71. The first-order valence-corrected chi connectivity index (χ1v) is 14.8. The van der Waals surface area contributed by atoms with Crippen molar-refractivity contribution in [1.29, 1.82) is 0 Å². The predicted octanol–water partition coefficient (Wildman–Crippen LogP) is 0.867. The topological polar surface area (TPSA) is 178 Å². The summed E-state index contributed by atoms with van der Waals surface area (Å²) in [6, 6.07) is 0. The molecule has 0 aromatic carbocycles. The minimum absolute atomic E-state index is 0.0537. The zero-order chi connectivity index (χ0) is 28.6. The van der Waals surface area contributed by atoms with Crippen LogP contribution < -0.4 is 0 Å². The number of cyclic esters (lactones) is 1. The molecule has 0 aromatic rings. The Morgan fingerprint density at radius 3 is 2.50 bits per heavy atom. The number of nitrogens with zero attached hydrogens (tertiary/aromatic N) is 1. The summed E-state index contributed by atoms with van der Waals surface area (Å²) < 4.78 is 17.0. The molecule has 0 amide bonds. The number of hydrogen-bond acceptors (Lipinski definition) is 11. The normalized spacial score (nSPS) is 54.4. The van der Waals surface area contributed by atoms with Gasteiger partial charge in [0.15, 0.2) is 6.29 Å². The van der Waals surface area contributed by atoms with Crippen molar-refractivity contribution >= 4 is 12.2 Å². The maximum Gasteiger partial charge on any atom is 0.331 e. The molecule has 1 saturated heterocycles. The Bertz CT molecular complexity index is 1070. The van der Waals surface area contributed by atoms with E-state index in [1.54, 1.807) is 13.1 Å². The molecule has 14 atom stereocenters. The fourth-order valence-electron chi connectivity index (χ4n) is 9.86. The number of aliphatic hydroxyl groups excluding tert-OH is 4. The van der Waals surface area contributed by atoms with Gasteiger partial charge in [-0.1, -0.05) is 6.92 Å². The van der Waals surface area contributed by atoms with Gasteiger partial charge >= 0.3 is 5.97 Å². The summed E-state index contributed by atoms with van der Waals surface area (Å²) >= 11 is 0. The van der Waals surface area contributed by atoms with E-state index in [4.69, 9.17) is 14.2 Å². The smallest absolute Gasteiger partial charge is 0.331 e. The molecule has 6 aliphatic rings. The summed E-state index contributed by atoms with van der Waals surface area (Å²) in [6.45, 7) is 3.78. The van der Waals surface area contributed by atoms with Gasteiger partial charge in [-0.25, -0.2) is 4.79 Å². The molecule has 0 aromatic heterocycles. The van der Waals surface area contributed by atoms with Crippen molar-refractivity contribution in [3.8, 4) is 0 Å². The Labute approximate surface area is 233 Å². The molecular weight excluding hydrogens is 522 g/mol. The van der Waals surface area contributed by atoms with Gasteiger partial charge in [0.25, 0.3) is 0 Å². The molecule has 6 N–H and O–H groups in total.